The van der Waals surface area contributed by atoms with Gasteiger partial charge < -0.3 is 4.90 Å². The number of hydrogen-bond acceptors (Lipinski definition) is 2. The van der Waals surface area contributed by atoms with Crippen LogP contribution in [-0.2, 0) is 12.8 Å². The van der Waals surface area contributed by atoms with Gasteiger partial charge in [0.2, 0.25) is 0 Å². The predicted octanol–water partition coefficient (Wildman–Crippen LogP) is 15.1. The zero-order valence-electron chi connectivity index (χ0n) is 29.9. The fourth-order valence-electron chi connectivity index (χ4n) is 9.21. The molecule has 0 fully saturated rings. The molecule has 0 radical (unpaired) electrons. The van der Waals surface area contributed by atoms with Crippen molar-refractivity contribution in [3.63, 3.8) is 0 Å². The third-order valence-electron chi connectivity index (χ3n) is 11.6. The van der Waals surface area contributed by atoms with Crippen molar-refractivity contribution in [1.82, 2.24) is 0 Å². The van der Waals surface area contributed by atoms with Crippen LogP contribution in [0, 0.1) is 0 Å². The molecule has 0 saturated carbocycles. The lowest BCUT2D eigenvalue weighted by Crippen LogP contribution is -2.11. The first-order valence-electron chi connectivity index (χ1n) is 19.1. The molecule has 9 aromatic rings. The van der Waals surface area contributed by atoms with Gasteiger partial charge in [-0.1, -0.05) is 146 Å². The summed E-state index contributed by atoms with van der Waals surface area (Å²) in [5, 5.41) is 7.64. The number of thiophene rings is 1. The van der Waals surface area contributed by atoms with Crippen molar-refractivity contribution in [2.45, 2.75) is 25.7 Å². The molecule has 0 atom stereocenters. The lowest BCUT2D eigenvalue weighted by atomic mass is 9.76. The van der Waals surface area contributed by atoms with E-state index in [9.17, 15) is 0 Å². The molecule has 0 unspecified atom stereocenters. The molecule has 1 heterocycles. The van der Waals surface area contributed by atoms with E-state index < -0.39 is 0 Å². The molecule has 2 heteroatoms. The molecule has 11 rings (SSSR count). The van der Waals surface area contributed by atoms with Crippen LogP contribution in [0.5, 0.6) is 0 Å². The van der Waals surface area contributed by atoms with E-state index in [4.69, 9.17) is 0 Å². The van der Waals surface area contributed by atoms with Gasteiger partial charge in [0.05, 0.1) is 16.1 Å². The van der Waals surface area contributed by atoms with Crippen LogP contribution in [0.3, 0.4) is 0 Å². The minimum Gasteiger partial charge on any atom is -0.308 e. The Bertz CT molecular complexity index is 2980. The summed E-state index contributed by atoms with van der Waals surface area (Å²) in [5.74, 6) is 0. The van der Waals surface area contributed by atoms with Crippen LogP contribution in [0.1, 0.15) is 35.1 Å². The monoisotopic (exact) mass is 707 g/mol. The zero-order chi connectivity index (χ0) is 35.6. The molecule has 0 N–H and O–H groups in total. The van der Waals surface area contributed by atoms with Crippen molar-refractivity contribution >= 4 is 82.3 Å². The molecule has 2 aliphatic rings. The van der Waals surface area contributed by atoms with Gasteiger partial charge in [-0.3, -0.25) is 0 Å². The molecule has 54 heavy (non-hydrogen) atoms. The highest BCUT2D eigenvalue weighted by atomic mass is 32.1. The zero-order valence-corrected chi connectivity index (χ0v) is 30.7. The number of allylic oxidation sites excluding steroid dienone is 2. The number of nitrogens with zero attached hydrogens (tertiary/aromatic N) is 1. The van der Waals surface area contributed by atoms with Crippen LogP contribution >= 0.6 is 11.3 Å². The summed E-state index contributed by atoms with van der Waals surface area (Å²) in [4.78, 5) is 2.51. The van der Waals surface area contributed by atoms with Crippen molar-refractivity contribution in [3.8, 4) is 22.3 Å². The van der Waals surface area contributed by atoms with Crippen LogP contribution in [-0.4, -0.2) is 0 Å². The Morgan fingerprint density at radius 1 is 0.444 bits per heavy atom. The largest absolute Gasteiger partial charge is 0.308 e. The van der Waals surface area contributed by atoms with Gasteiger partial charge >= 0.3 is 0 Å². The highest BCUT2D eigenvalue weighted by molar-refractivity contribution is 7.26. The highest BCUT2D eigenvalue weighted by Crippen LogP contribution is 2.50. The second-order valence-electron chi connectivity index (χ2n) is 14.6. The summed E-state index contributed by atoms with van der Waals surface area (Å²) >= 11 is 1.89. The first-order chi connectivity index (χ1) is 26.8. The van der Waals surface area contributed by atoms with Crippen LogP contribution in [0.4, 0.5) is 17.1 Å². The van der Waals surface area contributed by atoms with E-state index in [2.05, 4.69) is 181 Å². The molecular weight excluding hydrogens is 671 g/mol. The standard InChI is InChI=1S/C52H37NS/c1-2-15-34(16-3-1)50-44-24-10-7-20-40(44)41-21-8-11-25-45(41)51(50)35-29-31-37(32-30-35)53(47-27-14-26-46-43-23-12-13-28-49(43)54-52(46)47)48-33-36-17-4-5-18-38(36)39-19-6-9-22-42(39)48/h1-6,9-19,22-33H,7-8,20-21H2. The maximum Gasteiger partial charge on any atom is 0.0640 e. The van der Waals surface area contributed by atoms with Gasteiger partial charge in [-0.05, 0) is 117 Å². The Morgan fingerprint density at radius 3 is 1.78 bits per heavy atom. The third kappa shape index (κ3) is 4.91. The van der Waals surface area contributed by atoms with Gasteiger partial charge in [0.25, 0.3) is 0 Å². The van der Waals surface area contributed by atoms with Crippen molar-refractivity contribution in [3.05, 3.63) is 186 Å². The summed E-state index contributed by atoms with van der Waals surface area (Å²) < 4.78 is 2.61. The average Bonchev–Trinajstić information content (AvgIpc) is 3.63. The van der Waals surface area contributed by atoms with Crippen molar-refractivity contribution < 1.29 is 0 Å². The predicted molar refractivity (Wildman–Crippen MR) is 235 cm³/mol. The molecule has 0 saturated heterocycles. The van der Waals surface area contributed by atoms with Gasteiger partial charge in [-0.2, -0.15) is 0 Å². The summed E-state index contributed by atoms with van der Waals surface area (Å²) in [7, 11) is 0. The maximum absolute atomic E-state index is 2.51. The molecule has 1 nitrogen and oxygen atoms in total. The van der Waals surface area contributed by atoms with Crippen molar-refractivity contribution in [1.29, 1.82) is 0 Å². The molecule has 8 aromatic carbocycles. The van der Waals surface area contributed by atoms with E-state index in [1.807, 2.05) is 11.3 Å². The summed E-state index contributed by atoms with van der Waals surface area (Å²) in [6.45, 7) is 0. The number of benzene rings is 8. The molecule has 0 bridgehead atoms. The van der Waals surface area contributed by atoms with E-state index in [1.54, 1.807) is 5.56 Å². The topological polar surface area (TPSA) is 3.24 Å². The fraction of sp³-hybridized carbons (Fsp3) is 0.0769. The number of fused-ring (bicyclic) bond motifs is 9. The number of rotatable bonds is 5. The van der Waals surface area contributed by atoms with E-state index in [1.165, 1.54) is 92.0 Å². The second kappa shape index (κ2) is 12.7. The molecule has 0 amide bonds. The molecular formula is C52H37NS. The summed E-state index contributed by atoms with van der Waals surface area (Å²) in [5.41, 5.74) is 14.6. The van der Waals surface area contributed by atoms with E-state index in [0.29, 0.717) is 0 Å². The SMILES string of the molecule is C1=Cc2c(c3c(c(-c4ccc(N(c5cc6ccccc6c6ccccc56)c5cccc6c5sc5ccccc56)cc4)c2-c2ccccc2)C=CCC3)CC1. The minimum atomic E-state index is 1.10. The quantitative estimate of drug-likeness (QED) is 0.161. The molecule has 0 spiro atoms. The van der Waals surface area contributed by atoms with Crippen LogP contribution in [0.25, 0.3) is 76.1 Å². The van der Waals surface area contributed by atoms with Crippen molar-refractivity contribution in [2.75, 3.05) is 4.90 Å². The van der Waals surface area contributed by atoms with Gasteiger partial charge in [-0.15, -0.1) is 11.3 Å². The fourth-order valence-corrected chi connectivity index (χ4v) is 10.4. The summed E-state index contributed by atoms with van der Waals surface area (Å²) in [6, 6.07) is 56.2. The third-order valence-corrected chi connectivity index (χ3v) is 12.8. The number of hydrogen-bond donors (Lipinski definition) is 0. The van der Waals surface area contributed by atoms with Gasteiger partial charge in [0.1, 0.15) is 0 Å². The minimum absolute atomic E-state index is 1.10. The normalized spacial score (nSPS) is 13.5. The Morgan fingerprint density at radius 2 is 1.04 bits per heavy atom. The van der Waals surface area contributed by atoms with Gasteiger partial charge in [0.15, 0.2) is 0 Å². The van der Waals surface area contributed by atoms with Crippen LogP contribution in [0.15, 0.2) is 164 Å². The Hall–Kier alpha value is -6.22. The Labute approximate surface area is 319 Å². The first-order valence-corrected chi connectivity index (χ1v) is 19.9. The van der Waals surface area contributed by atoms with Crippen LogP contribution in [0.2, 0.25) is 0 Å². The van der Waals surface area contributed by atoms with E-state index >= 15 is 0 Å². The molecule has 256 valence electrons. The molecule has 2 aliphatic carbocycles. The lowest BCUT2D eigenvalue weighted by Gasteiger charge is -2.29. The van der Waals surface area contributed by atoms with Gasteiger partial charge in [0, 0.05) is 26.5 Å². The average molecular weight is 708 g/mol. The first kappa shape index (κ1) is 31.3. The summed E-state index contributed by atoms with van der Waals surface area (Å²) in [6.07, 6.45) is 14.0. The molecule has 0 aliphatic heterocycles. The van der Waals surface area contributed by atoms with Crippen LogP contribution < -0.4 is 4.90 Å². The van der Waals surface area contributed by atoms with E-state index in [-0.39, 0.29) is 0 Å². The second-order valence-corrected chi connectivity index (χ2v) is 15.6. The molecule has 1 aromatic heterocycles. The highest BCUT2D eigenvalue weighted by Gasteiger charge is 2.26. The number of anilines is 3. The smallest absolute Gasteiger partial charge is 0.0640 e. The Kier molecular flexibility index (Phi) is 7.38. The van der Waals surface area contributed by atoms with Crippen molar-refractivity contribution in [2.24, 2.45) is 0 Å². The maximum atomic E-state index is 2.51. The van der Waals surface area contributed by atoms with E-state index in [0.717, 1.165) is 31.4 Å². The lowest BCUT2D eigenvalue weighted by molar-refractivity contribution is 0.907. The van der Waals surface area contributed by atoms with Gasteiger partial charge in [-0.25, -0.2) is 0 Å². The Balaban J connectivity index is 1.17.